The van der Waals surface area contributed by atoms with Crippen LogP contribution in [0.15, 0.2) is 54.6 Å². The molecular weight excluding hydrogens is 514 g/mol. The molecule has 10 nitrogen and oxygen atoms in total. The maximum absolute atomic E-state index is 13.7. The Bertz CT molecular complexity index is 1150. The Balaban J connectivity index is 1.47. The summed E-state index contributed by atoms with van der Waals surface area (Å²) in [4.78, 5) is 39.2. The number of hydrogen-bond acceptors (Lipinski definition) is 7. The minimum Gasteiger partial charge on any atom is -0.497 e. The van der Waals surface area contributed by atoms with Crippen LogP contribution >= 0.6 is 0 Å². The van der Waals surface area contributed by atoms with Crippen LogP contribution in [0.1, 0.15) is 31.4 Å². The molecule has 4 rings (SSSR count). The van der Waals surface area contributed by atoms with E-state index < -0.39 is 41.6 Å². The molecule has 0 aliphatic carbocycles. The molecule has 10 heteroatoms. The van der Waals surface area contributed by atoms with Crippen LogP contribution in [0.25, 0.3) is 0 Å². The van der Waals surface area contributed by atoms with Crippen LogP contribution in [0.5, 0.6) is 5.75 Å². The van der Waals surface area contributed by atoms with Crippen LogP contribution in [0.3, 0.4) is 0 Å². The highest BCUT2D eigenvalue weighted by Gasteiger charge is 2.50. The summed E-state index contributed by atoms with van der Waals surface area (Å²) in [6.07, 6.45) is -0.0907. The molecule has 2 aliphatic heterocycles. The van der Waals surface area contributed by atoms with Crippen LogP contribution < -0.4 is 20.7 Å². The predicted octanol–water partition coefficient (Wildman–Crippen LogP) is 1.14. The first kappa shape index (κ1) is 29.5. The fourth-order valence-corrected chi connectivity index (χ4v) is 4.64. The molecule has 0 spiro atoms. The van der Waals surface area contributed by atoms with Crippen molar-refractivity contribution < 1.29 is 33.7 Å². The van der Waals surface area contributed by atoms with Crippen molar-refractivity contribution >= 4 is 17.7 Å². The molecule has 2 saturated heterocycles. The highest BCUT2D eigenvalue weighted by molar-refractivity contribution is 5.92. The molecule has 0 bridgehead atoms. The van der Waals surface area contributed by atoms with Gasteiger partial charge in [0.15, 0.2) is 0 Å². The summed E-state index contributed by atoms with van der Waals surface area (Å²) in [6, 6.07) is 14.3. The van der Waals surface area contributed by atoms with Crippen molar-refractivity contribution in [1.82, 2.24) is 16.0 Å². The summed E-state index contributed by atoms with van der Waals surface area (Å²) in [6.45, 7) is 4.86. The SMILES string of the molecule is COc1ccc(CC(NC(=O)C(C)NC(=O)CC2COC2)C(=O)NC(Cc2ccccc2)C(O)C2(C)CO2)cc1. The lowest BCUT2D eigenvalue weighted by molar-refractivity contribution is -0.133. The maximum Gasteiger partial charge on any atom is 0.243 e. The van der Waals surface area contributed by atoms with Gasteiger partial charge in [-0.25, -0.2) is 0 Å². The van der Waals surface area contributed by atoms with Gasteiger partial charge in [-0.3, -0.25) is 14.4 Å². The first-order valence-corrected chi connectivity index (χ1v) is 13.6. The molecule has 2 fully saturated rings. The normalized spacial score (nSPS) is 21.2. The molecule has 216 valence electrons. The number of nitrogens with one attached hydrogen (secondary N) is 3. The lowest BCUT2D eigenvalue weighted by atomic mass is 9.92. The van der Waals surface area contributed by atoms with E-state index in [1.54, 1.807) is 33.1 Å². The van der Waals surface area contributed by atoms with Gasteiger partial charge in [0.2, 0.25) is 17.7 Å². The summed E-state index contributed by atoms with van der Waals surface area (Å²) in [5, 5.41) is 19.6. The van der Waals surface area contributed by atoms with Crippen molar-refractivity contribution in [1.29, 1.82) is 0 Å². The third kappa shape index (κ3) is 8.03. The molecule has 3 amide bonds. The second-order valence-electron chi connectivity index (χ2n) is 10.9. The van der Waals surface area contributed by atoms with Crippen molar-refractivity contribution in [3.63, 3.8) is 0 Å². The van der Waals surface area contributed by atoms with E-state index in [-0.39, 0.29) is 24.7 Å². The Kier molecular flexibility index (Phi) is 9.78. The highest BCUT2D eigenvalue weighted by Crippen LogP contribution is 2.32. The van der Waals surface area contributed by atoms with Gasteiger partial charge in [0.05, 0.1) is 33.0 Å². The monoisotopic (exact) mass is 553 g/mol. The van der Waals surface area contributed by atoms with Crippen LogP contribution in [0.4, 0.5) is 0 Å². The van der Waals surface area contributed by atoms with E-state index in [0.29, 0.717) is 32.0 Å². The van der Waals surface area contributed by atoms with Crippen LogP contribution in [0.2, 0.25) is 0 Å². The van der Waals surface area contributed by atoms with Crippen molar-refractivity contribution in [3.8, 4) is 5.75 Å². The van der Waals surface area contributed by atoms with Crippen molar-refractivity contribution in [2.45, 2.75) is 62.9 Å². The van der Waals surface area contributed by atoms with E-state index >= 15 is 0 Å². The number of carbonyl (C=O) groups excluding carboxylic acids is 3. The molecule has 40 heavy (non-hydrogen) atoms. The number of aliphatic hydroxyl groups excluding tert-OH is 1. The largest absolute Gasteiger partial charge is 0.497 e. The van der Waals surface area contributed by atoms with Crippen molar-refractivity contribution in [2.75, 3.05) is 26.9 Å². The summed E-state index contributed by atoms with van der Waals surface area (Å²) in [5.41, 5.74) is 1.01. The fraction of sp³-hybridized carbons (Fsp3) is 0.500. The standard InChI is InChI=1S/C30H39N3O7/c1-19(31-26(34)15-22-16-39-17-22)28(36)33-25(14-21-9-11-23(38-3)12-10-21)29(37)32-24(27(35)30(2)18-40-30)13-20-7-5-4-6-8-20/h4-12,19,22,24-25,27,35H,13-18H2,1-3H3,(H,31,34)(H,32,37)(H,33,36). The Morgan fingerprint density at radius 1 is 0.975 bits per heavy atom. The molecule has 2 aromatic carbocycles. The summed E-state index contributed by atoms with van der Waals surface area (Å²) in [5.74, 6) is -0.334. The van der Waals surface area contributed by atoms with Crippen LogP contribution in [-0.4, -0.2) is 79.6 Å². The molecule has 0 aromatic heterocycles. The highest BCUT2D eigenvalue weighted by atomic mass is 16.6. The van der Waals surface area contributed by atoms with Gasteiger partial charge in [-0.2, -0.15) is 0 Å². The van der Waals surface area contributed by atoms with Crippen LogP contribution in [-0.2, 0) is 36.7 Å². The number of methoxy groups -OCH3 is 1. The van der Waals surface area contributed by atoms with Gasteiger partial charge < -0.3 is 35.3 Å². The first-order valence-electron chi connectivity index (χ1n) is 13.6. The average Bonchev–Trinajstić information content (AvgIpc) is 3.68. The summed E-state index contributed by atoms with van der Waals surface area (Å²) >= 11 is 0. The number of epoxide rings is 1. The molecule has 0 radical (unpaired) electrons. The second-order valence-corrected chi connectivity index (χ2v) is 10.9. The molecule has 4 N–H and O–H groups in total. The number of aliphatic hydroxyl groups is 1. The predicted molar refractivity (Wildman–Crippen MR) is 148 cm³/mol. The molecule has 0 saturated carbocycles. The lowest BCUT2D eigenvalue weighted by Crippen LogP contribution is -2.58. The molecule has 2 heterocycles. The van der Waals surface area contributed by atoms with Gasteiger partial charge in [0, 0.05) is 18.8 Å². The van der Waals surface area contributed by atoms with Crippen LogP contribution in [0, 0.1) is 5.92 Å². The van der Waals surface area contributed by atoms with Gasteiger partial charge in [-0.05, 0) is 43.5 Å². The van der Waals surface area contributed by atoms with Gasteiger partial charge in [0.1, 0.15) is 29.5 Å². The number of hydrogen-bond donors (Lipinski definition) is 4. The number of benzene rings is 2. The van der Waals surface area contributed by atoms with Gasteiger partial charge in [0.25, 0.3) is 0 Å². The smallest absolute Gasteiger partial charge is 0.243 e. The van der Waals surface area contributed by atoms with E-state index in [4.69, 9.17) is 14.2 Å². The Hall–Kier alpha value is -3.47. The molecule has 5 unspecified atom stereocenters. The van der Waals surface area contributed by atoms with Gasteiger partial charge in [-0.15, -0.1) is 0 Å². The third-order valence-corrected chi connectivity index (χ3v) is 7.42. The second kappa shape index (κ2) is 13.3. The van der Waals surface area contributed by atoms with E-state index in [2.05, 4.69) is 16.0 Å². The molecule has 2 aliphatic rings. The number of amides is 3. The lowest BCUT2D eigenvalue weighted by Gasteiger charge is -2.29. The fourth-order valence-electron chi connectivity index (χ4n) is 4.64. The zero-order chi connectivity index (χ0) is 28.7. The quantitative estimate of drug-likeness (QED) is 0.258. The van der Waals surface area contributed by atoms with E-state index in [1.165, 1.54) is 0 Å². The van der Waals surface area contributed by atoms with E-state index in [0.717, 1.165) is 11.1 Å². The number of carbonyl (C=O) groups is 3. The molecular formula is C30H39N3O7. The number of rotatable bonds is 14. The van der Waals surface area contributed by atoms with Crippen molar-refractivity contribution in [3.05, 3.63) is 65.7 Å². The Labute approximate surface area is 234 Å². The molecule has 2 aromatic rings. The third-order valence-electron chi connectivity index (χ3n) is 7.42. The first-order chi connectivity index (χ1) is 19.2. The summed E-state index contributed by atoms with van der Waals surface area (Å²) in [7, 11) is 1.57. The summed E-state index contributed by atoms with van der Waals surface area (Å²) < 4.78 is 15.8. The zero-order valence-corrected chi connectivity index (χ0v) is 23.2. The average molecular weight is 554 g/mol. The van der Waals surface area contributed by atoms with Gasteiger partial charge >= 0.3 is 0 Å². The minimum atomic E-state index is -0.960. The Morgan fingerprint density at radius 2 is 1.62 bits per heavy atom. The topological polar surface area (TPSA) is 139 Å². The van der Waals surface area contributed by atoms with Crippen molar-refractivity contribution in [2.24, 2.45) is 5.92 Å². The van der Waals surface area contributed by atoms with E-state index in [9.17, 15) is 19.5 Å². The maximum atomic E-state index is 13.7. The number of ether oxygens (including phenoxy) is 3. The van der Waals surface area contributed by atoms with E-state index in [1.807, 2.05) is 42.5 Å². The zero-order valence-electron chi connectivity index (χ0n) is 23.2. The minimum absolute atomic E-state index is 0.161. The van der Waals surface area contributed by atoms with Gasteiger partial charge in [-0.1, -0.05) is 42.5 Å². The Morgan fingerprint density at radius 3 is 2.20 bits per heavy atom. The molecule has 5 atom stereocenters.